The Morgan fingerprint density at radius 2 is 1.13 bits per heavy atom. The second-order valence-electron chi connectivity index (χ2n) is 12.2. The number of carbonyl (C=O) groups excluding carboxylic acids is 6. The van der Waals surface area contributed by atoms with E-state index >= 15 is 0 Å². The molecule has 2 rings (SSSR count). The summed E-state index contributed by atoms with van der Waals surface area (Å²) in [6, 6.07) is 11.5. The summed E-state index contributed by atoms with van der Waals surface area (Å²) < 4.78 is 25.3. The molecule has 0 aliphatic rings. The average molecular weight is 774 g/mol. The van der Waals surface area contributed by atoms with Gasteiger partial charge in [0.25, 0.3) is 11.8 Å². The van der Waals surface area contributed by atoms with E-state index in [9.17, 15) is 28.8 Å². The molecule has 2 aromatic carbocycles. The maximum absolute atomic E-state index is 13.0. The van der Waals surface area contributed by atoms with Crippen LogP contribution in [-0.2, 0) is 39.9 Å². The number of esters is 2. The second kappa shape index (κ2) is 27.3. The number of benzene rings is 2. The summed E-state index contributed by atoms with van der Waals surface area (Å²) in [7, 11) is 2.53. The second-order valence-corrected chi connectivity index (χ2v) is 12.2. The topological polar surface area (TPSA) is 261 Å². The molecular formula is C37H55N7O11. The summed E-state index contributed by atoms with van der Waals surface area (Å²) in [6.07, 6.45) is 2.46. The predicted molar refractivity (Wildman–Crippen MR) is 202 cm³/mol. The number of rotatable bonds is 26. The van der Waals surface area contributed by atoms with Gasteiger partial charge in [-0.05, 0) is 62.3 Å². The molecule has 18 nitrogen and oxygen atoms in total. The summed E-state index contributed by atoms with van der Waals surface area (Å²) >= 11 is 0. The Morgan fingerprint density at radius 1 is 0.618 bits per heavy atom. The fraction of sp³-hybridized carbons (Fsp3) is 0.514. The molecule has 2 atom stereocenters. The molecule has 0 unspecified atom stereocenters. The van der Waals surface area contributed by atoms with Gasteiger partial charge in [-0.25, -0.2) is 9.59 Å². The zero-order chi connectivity index (χ0) is 40.3. The van der Waals surface area contributed by atoms with E-state index in [4.69, 9.17) is 25.7 Å². The highest BCUT2D eigenvalue weighted by Crippen LogP contribution is 2.16. The van der Waals surface area contributed by atoms with Crippen molar-refractivity contribution in [2.24, 2.45) is 11.5 Å². The van der Waals surface area contributed by atoms with Crippen molar-refractivity contribution in [3.05, 3.63) is 65.2 Å². The lowest BCUT2D eigenvalue weighted by Crippen LogP contribution is -2.33. The summed E-state index contributed by atoms with van der Waals surface area (Å²) in [5, 5.41) is 13.4. The Kier molecular flexibility index (Phi) is 22.8. The number of urea groups is 1. The molecule has 0 heterocycles. The highest BCUT2D eigenvalue weighted by Gasteiger charge is 2.17. The van der Waals surface area contributed by atoms with Crippen molar-refractivity contribution in [2.75, 3.05) is 72.1 Å². The first-order chi connectivity index (χ1) is 26.5. The summed E-state index contributed by atoms with van der Waals surface area (Å²) in [4.78, 5) is 73.5. The first-order valence-electron chi connectivity index (χ1n) is 18.1. The third-order valence-corrected chi connectivity index (χ3v) is 7.81. The quantitative estimate of drug-likeness (QED) is 0.0407. The van der Waals surface area contributed by atoms with Crippen LogP contribution in [0.1, 0.15) is 64.8 Å². The van der Waals surface area contributed by atoms with Crippen molar-refractivity contribution >= 4 is 41.6 Å². The van der Waals surface area contributed by atoms with Gasteiger partial charge < -0.3 is 61.7 Å². The van der Waals surface area contributed by atoms with E-state index in [-0.39, 0.29) is 76.0 Å². The molecule has 2 aromatic rings. The molecule has 0 bridgehead atoms. The molecule has 0 aliphatic carbocycles. The Bertz CT molecular complexity index is 1430. The standard InChI is InChI=1S/C37H55N7O11/c1-51-34(47)30(38)12-6-8-14-40-32(45)27-22-28(33(46)41-15-9-7-13-31(39)35(48)52-2)24-29(23-27)44-36(49)42-16-18-53-20-21-54-19-17-43-37(50)55-25-26-10-4-3-5-11-26/h3-5,10-11,22-24,30-31H,6-9,12-21,25,38-39H2,1-2H3,(H,40,45)(H,41,46)(H,43,50)(H2,42,44,49)/t30-,31-/m0/s1. The smallest absolute Gasteiger partial charge is 0.407 e. The first kappa shape index (κ1) is 45.9. The van der Waals surface area contributed by atoms with Crippen LogP contribution in [0.4, 0.5) is 15.3 Å². The van der Waals surface area contributed by atoms with E-state index in [1.54, 1.807) is 0 Å². The number of hydrogen-bond acceptors (Lipinski definition) is 13. The summed E-state index contributed by atoms with van der Waals surface area (Å²) in [5.41, 5.74) is 12.9. The monoisotopic (exact) mass is 773 g/mol. The molecular weight excluding hydrogens is 718 g/mol. The van der Waals surface area contributed by atoms with Crippen molar-refractivity contribution in [3.63, 3.8) is 0 Å². The van der Waals surface area contributed by atoms with Crippen LogP contribution in [0.15, 0.2) is 48.5 Å². The van der Waals surface area contributed by atoms with Crippen molar-refractivity contribution in [1.29, 1.82) is 0 Å². The maximum atomic E-state index is 13.0. The van der Waals surface area contributed by atoms with Crippen LogP contribution in [-0.4, -0.2) is 115 Å². The van der Waals surface area contributed by atoms with E-state index in [2.05, 4.69) is 36.1 Å². The number of nitrogens with one attached hydrogen (secondary N) is 5. The molecule has 0 radical (unpaired) electrons. The fourth-order valence-corrected chi connectivity index (χ4v) is 4.82. The Morgan fingerprint density at radius 3 is 1.64 bits per heavy atom. The number of carbonyl (C=O) groups is 6. The van der Waals surface area contributed by atoms with Crippen LogP contribution in [0.3, 0.4) is 0 Å². The van der Waals surface area contributed by atoms with Crippen molar-refractivity contribution in [2.45, 2.75) is 57.2 Å². The van der Waals surface area contributed by atoms with Crippen LogP contribution in [0.5, 0.6) is 0 Å². The maximum Gasteiger partial charge on any atom is 0.407 e. The van der Waals surface area contributed by atoms with Gasteiger partial charge in [0.2, 0.25) is 0 Å². The predicted octanol–water partition coefficient (Wildman–Crippen LogP) is 1.57. The van der Waals surface area contributed by atoms with Gasteiger partial charge in [-0.2, -0.15) is 0 Å². The molecule has 5 amide bonds. The fourth-order valence-electron chi connectivity index (χ4n) is 4.82. The minimum atomic E-state index is -0.746. The number of unbranched alkanes of at least 4 members (excludes halogenated alkanes) is 2. The molecule has 0 saturated carbocycles. The van der Waals surface area contributed by atoms with Gasteiger partial charge in [0.05, 0.1) is 40.6 Å². The van der Waals surface area contributed by atoms with E-state index in [1.807, 2.05) is 30.3 Å². The van der Waals surface area contributed by atoms with Gasteiger partial charge in [0, 0.05) is 43.0 Å². The molecule has 0 saturated heterocycles. The summed E-state index contributed by atoms with van der Waals surface area (Å²) in [6.45, 7) is 2.15. The third kappa shape index (κ3) is 20.1. The Labute approximate surface area is 321 Å². The molecule has 9 N–H and O–H groups in total. The van der Waals surface area contributed by atoms with Crippen molar-refractivity contribution in [1.82, 2.24) is 21.3 Å². The Hall–Kier alpha value is -5.30. The number of alkyl carbamates (subject to hydrolysis) is 1. The van der Waals surface area contributed by atoms with E-state index in [0.29, 0.717) is 38.5 Å². The van der Waals surface area contributed by atoms with Crippen LogP contribution in [0.25, 0.3) is 0 Å². The van der Waals surface area contributed by atoms with Gasteiger partial charge in [0.1, 0.15) is 18.7 Å². The SMILES string of the molecule is COC(=O)[C@@H](N)CCCCNC(=O)c1cc(NC(=O)NCCOCCOCCNC(=O)OCc2ccccc2)cc(C(=O)NCCCC[C@H](N)C(=O)OC)c1. The highest BCUT2D eigenvalue weighted by molar-refractivity contribution is 6.02. The third-order valence-electron chi connectivity index (χ3n) is 7.81. The normalized spacial score (nSPS) is 11.7. The van der Waals surface area contributed by atoms with Crippen LogP contribution < -0.4 is 38.1 Å². The van der Waals surface area contributed by atoms with E-state index in [1.165, 1.54) is 32.4 Å². The lowest BCUT2D eigenvalue weighted by atomic mass is 10.1. The average Bonchev–Trinajstić information content (AvgIpc) is 3.19. The number of nitrogens with two attached hydrogens (primary N) is 2. The Balaban J connectivity index is 1.78. The van der Waals surface area contributed by atoms with E-state index < -0.39 is 48.0 Å². The number of anilines is 1. The van der Waals surface area contributed by atoms with Gasteiger partial charge >= 0.3 is 24.1 Å². The number of hydrogen-bond donors (Lipinski definition) is 7. The zero-order valence-electron chi connectivity index (χ0n) is 31.5. The molecule has 0 aromatic heterocycles. The number of methoxy groups -OCH3 is 2. The van der Waals surface area contributed by atoms with Crippen LogP contribution >= 0.6 is 0 Å². The first-order valence-corrected chi connectivity index (χ1v) is 18.1. The lowest BCUT2D eigenvalue weighted by Gasteiger charge is -2.13. The molecule has 0 spiro atoms. The highest BCUT2D eigenvalue weighted by atomic mass is 16.6. The number of ether oxygens (including phenoxy) is 5. The number of amides is 5. The van der Waals surface area contributed by atoms with Gasteiger partial charge in [-0.1, -0.05) is 30.3 Å². The van der Waals surface area contributed by atoms with E-state index in [0.717, 1.165) is 5.56 Å². The van der Waals surface area contributed by atoms with Gasteiger partial charge in [-0.3, -0.25) is 19.2 Å². The van der Waals surface area contributed by atoms with Gasteiger partial charge in [-0.15, -0.1) is 0 Å². The zero-order valence-corrected chi connectivity index (χ0v) is 31.5. The van der Waals surface area contributed by atoms with Crippen LogP contribution in [0.2, 0.25) is 0 Å². The van der Waals surface area contributed by atoms with Crippen molar-refractivity contribution in [3.8, 4) is 0 Å². The molecule has 18 heteroatoms. The summed E-state index contributed by atoms with van der Waals surface area (Å²) in [5.74, 6) is -1.96. The minimum absolute atomic E-state index is 0.140. The van der Waals surface area contributed by atoms with Crippen molar-refractivity contribution < 1.29 is 52.5 Å². The molecule has 55 heavy (non-hydrogen) atoms. The molecule has 304 valence electrons. The minimum Gasteiger partial charge on any atom is -0.468 e. The molecule has 0 aliphatic heterocycles. The lowest BCUT2D eigenvalue weighted by molar-refractivity contribution is -0.143. The van der Waals surface area contributed by atoms with Gasteiger partial charge in [0.15, 0.2) is 0 Å². The van der Waals surface area contributed by atoms with Crippen LogP contribution in [0, 0.1) is 0 Å². The molecule has 0 fully saturated rings. The largest absolute Gasteiger partial charge is 0.468 e.